The highest BCUT2D eigenvalue weighted by molar-refractivity contribution is 5.88. The van der Waals surface area contributed by atoms with Gasteiger partial charge in [-0.2, -0.15) is 0 Å². The van der Waals surface area contributed by atoms with Gasteiger partial charge < -0.3 is 10.0 Å². The van der Waals surface area contributed by atoms with Gasteiger partial charge in [0.25, 0.3) is 0 Å². The molecule has 0 unspecified atom stereocenters. The molecular weight excluding hydrogens is 214 g/mol. The van der Waals surface area contributed by atoms with Crippen LogP contribution in [0.5, 0.6) is 0 Å². The molecule has 0 radical (unpaired) electrons. The number of piperidine rings is 1. The van der Waals surface area contributed by atoms with Crippen LogP contribution in [0.15, 0.2) is 24.3 Å². The Bertz CT molecular complexity index is 389. The maximum absolute atomic E-state index is 10.8. The molecule has 1 aliphatic heterocycles. The first kappa shape index (κ1) is 12.0. The fourth-order valence-electron chi connectivity index (χ4n) is 2.69. The van der Waals surface area contributed by atoms with Crippen LogP contribution >= 0.6 is 0 Å². The van der Waals surface area contributed by atoms with Gasteiger partial charge in [0, 0.05) is 18.8 Å². The standard InChI is InChI=1S/C14H19NO2/c1-10-7-11(2)9-15(8-10)13-5-3-12(4-6-13)14(16)17/h3-6,10-11H,7-9H2,1-2H3,(H,16,17)/t10-,11+. The van der Waals surface area contributed by atoms with Crippen molar-refractivity contribution in [3.8, 4) is 0 Å². The molecule has 1 aromatic carbocycles. The third kappa shape index (κ3) is 2.78. The molecule has 2 rings (SSSR count). The Morgan fingerprint density at radius 3 is 2.18 bits per heavy atom. The molecule has 1 heterocycles. The van der Waals surface area contributed by atoms with Crippen LogP contribution in [-0.4, -0.2) is 24.2 Å². The fourth-order valence-corrected chi connectivity index (χ4v) is 2.69. The quantitative estimate of drug-likeness (QED) is 0.854. The maximum Gasteiger partial charge on any atom is 0.335 e. The van der Waals surface area contributed by atoms with Crippen molar-refractivity contribution in [3.63, 3.8) is 0 Å². The van der Waals surface area contributed by atoms with Crippen molar-refractivity contribution in [2.45, 2.75) is 20.3 Å². The molecule has 0 aromatic heterocycles. The zero-order valence-electron chi connectivity index (χ0n) is 10.4. The van der Waals surface area contributed by atoms with Crippen LogP contribution in [0.2, 0.25) is 0 Å². The summed E-state index contributed by atoms with van der Waals surface area (Å²) >= 11 is 0. The summed E-state index contributed by atoms with van der Waals surface area (Å²) in [6.07, 6.45) is 1.28. The van der Waals surface area contributed by atoms with Gasteiger partial charge >= 0.3 is 5.97 Å². The predicted octanol–water partition coefficient (Wildman–Crippen LogP) is 2.87. The summed E-state index contributed by atoms with van der Waals surface area (Å²) in [5, 5.41) is 8.86. The molecule has 0 bridgehead atoms. The Labute approximate surface area is 102 Å². The van der Waals surface area contributed by atoms with Gasteiger partial charge in [-0.05, 0) is 42.5 Å². The Morgan fingerprint density at radius 1 is 1.18 bits per heavy atom. The molecule has 0 amide bonds. The molecule has 1 N–H and O–H groups in total. The zero-order chi connectivity index (χ0) is 12.4. The van der Waals surface area contributed by atoms with E-state index in [-0.39, 0.29) is 0 Å². The van der Waals surface area contributed by atoms with E-state index in [9.17, 15) is 4.79 Å². The number of nitrogens with zero attached hydrogens (tertiary/aromatic N) is 1. The van der Waals surface area contributed by atoms with E-state index >= 15 is 0 Å². The topological polar surface area (TPSA) is 40.5 Å². The molecule has 1 saturated heterocycles. The molecule has 92 valence electrons. The number of benzene rings is 1. The molecule has 0 saturated carbocycles. The van der Waals surface area contributed by atoms with Crippen molar-refractivity contribution in [1.29, 1.82) is 0 Å². The average molecular weight is 233 g/mol. The summed E-state index contributed by atoms with van der Waals surface area (Å²) in [6, 6.07) is 7.19. The smallest absolute Gasteiger partial charge is 0.335 e. The van der Waals surface area contributed by atoms with Gasteiger partial charge in [0.15, 0.2) is 0 Å². The highest BCUT2D eigenvalue weighted by Gasteiger charge is 2.21. The van der Waals surface area contributed by atoms with Gasteiger partial charge in [-0.15, -0.1) is 0 Å². The van der Waals surface area contributed by atoms with E-state index in [0.29, 0.717) is 17.4 Å². The lowest BCUT2D eigenvalue weighted by atomic mass is 9.91. The lowest BCUT2D eigenvalue weighted by molar-refractivity contribution is 0.0697. The summed E-state index contributed by atoms with van der Waals surface area (Å²) in [5.74, 6) is 0.549. The Hall–Kier alpha value is -1.51. The number of rotatable bonds is 2. The molecule has 3 heteroatoms. The number of hydrogen-bond acceptors (Lipinski definition) is 2. The van der Waals surface area contributed by atoms with Crippen molar-refractivity contribution in [3.05, 3.63) is 29.8 Å². The summed E-state index contributed by atoms with van der Waals surface area (Å²) in [6.45, 7) is 6.68. The second-order valence-electron chi connectivity index (χ2n) is 5.20. The SMILES string of the molecule is C[C@@H]1C[C@H](C)CN(c2ccc(C(=O)O)cc2)C1. The minimum atomic E-state index is -0.864. The van der Waals surface area contributed by atoms with Crippen LogP contribution in [0.1, 0.15) is 30.6 Å². The monoisotopic (exact) mass is 233 g/mol. The van der Waals surface area contributed by atoms with E-state index < -0.39 is 5.97 Å². The lowest BCUT2D eigenvalue weighted by Gasteiger charge is -2.36. The van der Waals surface area contributed by atoms with E-state index in [4.69, 9.17) is 5.11 Å². The predicted molar refractivity (Wildman–Crippen MR) is 68.6 cm³/mol. The van der Waals surface area contributed by atoms with Crippen LogP contribution in [-0.2, 0) is 0 Å². The lowest BCUT2D eigenvalue weighted by Crippen LogP contribution is -2.38. The van der Waals surface area contributed by atoms with E-state index in [1.165, 1.54) is 6.42 Å². The van der Waals surface area contributed by atoms with Crippen LogP contribution in [0.3, 0.4) is 0 Å². The summed E-state index contributed by atoms with van der Waals surface area (Å²) < 4.78 is 0. The van der Waals surface area contributed by atoms with Crippen molar-refractivity contribution >= 4 is 11.7 Å². The summed E-state index contributed by atoms with van der Waals surface area (Å²) in [4.78, 5) is 13.1. The van der Waals surface area contributed by atoms with Crippen LogP contribution in [0.25, 0.3) is 0 Å². The molecule has 1 aliphatic rings. The number of carbonyl (C=O) groups is 1. The van der Waals surface area contributed by atoms with E-state index in [2.05, 4.69) is 18.7 Å². The van der Waals surface area contributed by atoms with Gasteiger partial charge in [-0.25, -0.2) is 4.79 Å². The molecular formula is C14H19NO2. The first-order chi connectivity index (χ1) is 8.06. The third-order valence-electron chi connectivity index (χ3n) is 3.35. The highest BCUT2D eigenvalue weighted by Crippen LogP contribution is 2.26. The first-order valence-corrected chi connectivity index (χ1v) is 6.14. The average Bonchev–Trinajstić information content (AvgIpc) is 2.28. The maximum atomic E-state index is 10.8. The molecule has 2 atom stereocenters. The minimum absolute atomic E-state index is 0.354. The van der Waals surface area contributed by atoms with E-state index in [0.717, 1.165) is 18.8 Å². The van der Waals surface area contributed by atoms with Crippen LogP contribution in [0, 0.1) is 11.8 Å². The van der Waals surface area contributed by atoms with Gasteiger partial charge in [0.2, 0.25) is 0 Å². The van der Waals surface area contributed by atoms with E-state index in [1.54, 1.807) is 12.1 Å². The number of hydrogen-bond donors (Lipinski definition) is 1. The van der Waals surface area contributed by atoms with Crippen molar-refractivity contribution in [2.75, 3.05) is 18.0 Å². The van der Waals surface area contributed by atoms with Crippen LogP contribution in [0.4, 0.5) is 5.69 Å². The molecule has 1 aromatic rings. The number of aromatic carboxylic acids is 1. The Morgan fingerprint density at radius 2 is 1.71 bits per heavy atom. The van der Waals surface area contributed by atoms with Gasteiger partial charge in [-0.3, -0.25) is 0 Å². The van der Waals surface area contributed by atoms with Crippen molar-refractivity contribution < 1.29 is 9.90 Å². The van der Waals surface area contributed by atoms with Gasteiger partial charge in [0.1, 0.15) is 0 Å². The largest absolute Gasteiger partial charge is 0.478 e. The molecule has 0 spiro atoms. The number of anilines is 1. The fraction of sp³-hybridized carbons (Fsp3) is 0.500. The normalized spacial score (nSPS) is 24.7. The number of carboxylic acid groups (broad SMARTS) is 1. The first-order valence-electron chi connectivity index (χ1n) is 6.14. The summed E-state index contributed by atoms with van der Waals surface area (Å²) in [7, 11) is 0. The van der Waals surface area contributed by atoms with Crippen molar-refractivity contribution in [2.24, 2.45) is 11.8 Å². The van der Waals surface area contributed by atoms with Gasteiger partial charge in [0.05, 0.1) is 5.56 Å². The van der Waals surface area contributed by atoms with Crippen molar-refractivity contribution in [1.82, 2.24) is 0 Å². The molecule has 17 heavy (non-hydrogen) atoms. The third-order valence-corrected chi connectivity index (χ3v) is 3.35. The molecule has 3 nitrogen and oxygen atoms in total. The Balaban J connectivity index is 2.14. The zero-order valence-corrected chi connectivity index (χ0v) is 10.4. The second kappa shape index (κ2) is 4.78. The highest BCUT2D eigenvalue weighted by atomic mass is 16.4. The Kier molecular flexibility index (Phi) is 3.36. The molecule has 0 aliphatic carbocycles. The summed E-state index contributed by atoms with van der Waals surface area (Å²) in [5.41, 5.74) is 1.49. The van der Waals surface area contributed by atoms with Crippen LogP contribution < -0.4 is 4.90 Å². The van der Waals surface area contributed by atoms with Gasteiger partial charge in [-0.1, -0.05) is 13.8 Å². The molecule has 1 fully saturated rings. The van der Waals surface area contributed by atoms with E-state index in [1.807, 2.05) is 12.1 Å². The minimum Gasteiger partial charge on any atom is -0.478 e. The number of carboxylic acids is 1. The second-order valence-corrected chi connectivity index (χ2v) is 5.20.